The minimum absolute atomic E-state index is 0.00843. The van der Waals surface area contributed by atoms with E-state index in [9.17, 15) is 9.18 Å². The molecule has 0 radical (unpaired) electrons. The minimum Gasteiger partial charge on any atom is -0.489 e. The van der Waals surface area contributed by atoms with Crippen LogP contribution in [0.2, 0.25) is 0 Å². The number of hydrogen-bond acceptors (Lipinski definition) is 3. The fourth-order valence-corrected chi connectivity index (χ4v) is 1.71. The van der Waals surface area contributed by atoms with Crippen molar-refractivity contribution in [2.75, 3.05) is 0 Å². The van der Waals surface area contributed by atoms with Crippen LogP contribution in [0.4, 0.5) is 4.39 Å². The normalized spacial score (nSPS) is 10.3. The van der Waals surface area contributed by atoms with Crippen LogP contribution in [0.25, 0.3) is 0 Å². The molecule has 0 aromatic heterocycles. The molecule has 2 N–H and O–H groups in total. The van der Waals surface area contributed by atoms with Gasteiger partial charge in [-0.15, -0.1) is 0 Å². The largest absolute Gasteiger partial charge is 0.489 e. The van der Waals surface area contributed by atoms with Crippen LogP contribution in [0.15, 0.2) is 42.5 Å². The molecular weight excluding hydrogens is 263 g/mol. The Kier molecular flexibility index (Phi) is 4.32. The van der Waals surface area contributed by atoms with Crippen LogP contribution < -0.4 is 4.74 Å². The number of benzene rings is 2. The molecule has 0 heterocycles. The molecule has 2 rings (SSSR count). The Labute approximate surface area is 115 Å². The van der Waals surface area contributed by atoms with Gasteiger partial charge in [-0.3, -0.25) is 0 Å². The number of carboxylic acid groups (broad SMARTS) is 1. The number of rotatable bonds is 5. The van der Waals surface area contributed by atoms with Gasteiger partial charge in [0, 0.05) is 5.56 Å². The van der Waals surface area contributed by atoms with E-state index in [1.54, 1.807) is 24.3 Å². The van der Waals surface area contributed by atoms with Crippen LogP contribution in [-0.2, 0) is 13.2 Å². The van der Waals surface area contributed by atoms with E-state index in [-0.39, 0.29) is 24.3 Å². The summed E-state index contributed by atoms with van der Waals surface area (Å²) in [5.74, 6) is -1.15. The molecule has 0 aliphatic rings. The first-order valence-electron chi connectivity index (χ1n) is 5.94. The summed E-state index contributed by atoms with van der Waals surface area (Å²) >= 11 is 0. The zero-order chi connectivity index (χ0) is 14.5. The fraction of sp³-hybridized carbons (Fsp3) is 0.133. The lowest BCUT2D eigenvalue weighted by atomic mass is 10.1. The zero-order valence-corrected chi connectivity index (χ0v) is 10.5. The lowest BCUT2D eigenvalue weighted by molar-refractivity contribution is 0.0696. The fourth-order valence-electron chi connectivity index (χ4n) is 1.71. The first-order chi connectivity index (χ1) is 9.60. The van der Waals surface area contributed by atoms with Crippen LogP contribution >= 0.6 is 0 Å². The molecule has 2 aromatic carbocycles. The summed E-state index contributed by atoms with van der Waals surface area (Å²) in [5.41, 5.74) is 0.857. The standard InChI is InChI=1S/C15H13FO4/c16-14-5-4-11(15(18)19)7-12(14)9-20-13-3-1-2-10(6-13)8-17/h1-7,17H,8-9H2,(H,18,19). The second kappa shape index (κ2) is 6.16. The second-order valence-corrected chi connectivity index (χ2v) is 4.21. The Morgan fingerprint density at radius 1 is 1.20 bits per heavy atom. The molecule has 5 heteroatoms. The topological polar surface area (TPSA) is 66.8 Å². The Morgan fingerprint density at radius 2 is 2.00 bits per heavy atom. The van der Waals surface area contributed by atoms with Crippen LogP contribution in [0.5, 0.6) is 5.75 Å². The van der Waals surface area contributed by atoms with Gasteiger partial charge in [0.15, 0.2) is 0 Å². The zero-order valence-electron chi connectivity index (χ0n) is 10.5. The highest BCUT2D eigenvalue weighted by atomic mass is 19.1. The molecule has 2 aromatic rings. The lowest BCUT2D eigenvalue weighted by Crippen LogP contribution is -2.03. The average Bonchev–Trinajstić information content (AvgIpc) is 2.46. The molecule has 0 atom stereocenters. The van der Waals surface area contributed by atoms with E-state index in [1.165, 1.54) is 12.1 Å². The van der Waals surface area contributed by atoms with Gasteiger partial charge in [0.2, 0.25) is 0 Å². The summed E-state index contributed by atoms with van der Waals surface area (Å²) in [6.07, 6.45) is 0. The van der Waals surface area contributed by atoms with Gasteiger partial charge in [-0.25, -0.2) is 9.18 Å². The smallest absolute Gasteiger partial charge is 0.335 e. The first kappa shape index (κ1) is 14.0. The molecule has 0 saturated heterocycles. The number of carboxylic acids is 1. The van der Waals surface area contributed by atoms with Crippen LogP contribution in [0.3, 0.4) is 0 Å². The predicted molar refractivity (Wildman–Crippen MR) is 70.1 cm³/mol. The number of ether oxygens (including phenoxy) is 1. The van der Waals surface area contributed by atoms with Gasteiger partial charge >= 0.3 is 5.97 Å². The van der Waals surface area contributed by atoms with Crippen molar-refractivity contribution in [3.8, 4) is 5.75 Å². The molecule has 104 valence electrons. The minimum atomic E-state index is -1.12. The van der Waals surface area contributed by atoms with E-state index in [0.717, 1.165) is 6.07 Å². The molecule has 4 nitrogen and oxygen atoms in total. The highest BCUT2D eigenvalue weighted by molar-refractivity contribution is 5.87. The van der Waals surface area contributed by atoms with Gasteiger partial charge in [0.05, 0.1) is 12.2 Å². The number of aromatic carboxylic acids is 1. The Bertz CT molecular complexity index is 625. The third-order valence-corrected chi connectivity index (χ3v) is 2.77. The van der Waals surface area contributed by atoms with Crippen molar-refractivity contribution in [1.29, 1.82) is 0 Å². The van der Waals surface area contributed by atoms with Crippen molar-refractivity contribution in [3.05, 3.63) is 65.0 Å². The average molecular weight is 276 g/mol. The number of halogens is 1. The van der Waals surface area contributed by atoms with Gasteiger partial charge in [-0.05, 0) is 35.9 Å². The molecule has 0 amide bonds. The highest BCUT2D eigenvalue weighted by Crippen LogP contribution is 2.17. The molecule has 0 unspecified atom stereocenters. The summed E-state index contributed by atoms with van der Waals surface area (Å²) in [6, 6.07) is 10.3. The Hall–Kier alpha value is -2.40. The molecule has 20 heavy (non-hydrogen) atoms. The second-order valence-electron chi connectivity index (χ2n) is 4.21. The Morgan fingerprint density at radius 3 is 2.70 bits per heavy atom. The van der Waals surface area contributed by atoms with Gasteiger partial charge < -0.3 is 14.9 Å². The summed E-state index contributed by atoms with van der Waals surface area (Å²) in [6.45, 7) is -0.193. The van der Waals surface area contributed by atoms with Crippen LogP contribution in [0.1, 0.15) is 21.5 Å². The monoisotopic (exact) mass is 276 g/mol. The number of carbonyl (C=O) groups is 1. The van der Waals surface area contributed by atoms with Crippen LogP contribution in [0, 0.1) is 5.82 Å². The van der Waals surface area contributed by atoms with Crippen molar-refractivity contribution >= 4 is 5.97 Å². The summed E-state index contributed by atoms with van der Waals surface area (Å²) in [5, 5.41) is 17.9. The summed E-state index contributed by atoms with van der Waals surface area (Å²) in [4.78, 5) is 10.8. The van der Waals surface area contributed by atoms with E-state index < -0.39 is 11.8 Å². The maximum atomic E-state index is 13.6. The SMILES string of the molecule is O=C(O)c1ccc(F)c(COc2cccc(CO)c2)c1. The van der Waals surface area contributed by atoms with Gasteiger partial charge in [-0.2, -0.15) is 0 Å². The van der Waals surface area contributed by atoms with E-state index >= 15 is 0 Å². The maximum Gasteiger partial charge on any atom is 0.335 e. The van der Waals surface area contributed by atoms with Crippen molar-refractivity contribution in [2.45, 2.75) is 13.2 Å². The number of aliphatic hydroxyl groups excluding tert-OH is 1. The Balaban J connectivity index is 2.13. The molecule has 0 bridgehead atoms. The predicted octanol–water partition coefficient (Wildman–Crippen LogP) is 2.60. The van der Waals surface area contributed by atoms with Gasteiger partial charge in [0.1, 0.15) is 18.2 Å². The van der Waals surface area contributed by atoms with Crippen molar-refractivity contribution < 1.29 is 24.1 Å². The molecule has 0 aliphatic carbocycles. The third kappa shape index (κ3) is 3.33. The summed E-state index contributed by atoms with van der Waals surface area (Å²) < 4.78 is 19.0. The van der Waals surface area contributed by atoms with E-state index in [2.05, 4.69) is 0 Å². The van der Waals surface area contributed by atoms with Gasteiger partial charge in [0.25, 0.3) is 0 Å². The maximum absolute atomic E-state index is 13.6. The quantitative estimate of drug-likeness (QED) is 0.881. The van der Waals surface area contributed by atoms with Crippen molar-refractivity contribution in [2.24, 2.45) is 0 Å². The van der Waals surface area contributed by atoms with E-state index in [1.807, 2.05) is 0 Å². The molecule has 0 saturated carbocycles. The summed E-state index contributed by atoms with van der Waals surface area (Å²) in [7, 11) is 0. The molecule has 0 spiro atoms. The van der Waals surface area contributed by atoms with E-state index in [4.69, 9.17) is 14.9 Å². The van der Waals surface area contributed by atoms with Gasteiger partial charge in [-0.1, -0.05) is 12.1 Å². The third-order valence-electron chi connectivity index (χ3n) is 2.77. The lowest BCUT2D eigenvalue weighted by Gasteiger charge is -2.09. The van der Waals surface area contributed by atoms with E-state index in [0.29, 0.717) is 11.3 Å². The van der Waals surface area contributed by atoms with Crippen molar-refractivity contribution in [1.82, 2.24) is 0 Å². The molecular formula is C15H13FO4. The van der Waals surface area contributed by atoms with Crippen molar-refractivity contribution in [3.63, 3.8) is 0 Å². The number of hydrogen-bond donors (Lipinski definition) is 2. The molecule has 0 aliphatic heterocycles. The highest BCUT2D eigenvalue weighted by Gasteiger charge is 2.09. The first-order valence-corrected chi connectivity index (χ1v) is 5.94. The van der Waals surface area contributed by atoms with Crippen LogP contribution in [-0.4, -0.2) is 16.2 Å². The number of aliphatic hydroxyl groups is 1. The molecule has 0 fully saturated rings.